The van der Waals surface area contributed by atoms with Crippen molar-refractivity contribution in [2.24, 2.45) is 0 Å². The molecule has 0 aliphatic carbocycles. The molecule has 0 heterocycles. The quantitative estimate of drug-likeness (QED) is 0.0433. The lowest BCUT2D eigenvalue weighted by molar-refractivity contribution is 0.610. The topological polar surface area (TPSA) is 0 Å². The highest BCUT2D eigenvalue weighted by molar-refractivity contribution is 6.59. The molecule has 0 aromatic rings. The highest BCUT2D eigenvalue weighted by Crippen LogP contribution is 2.22. The zero-order chi connectivity index (χ0) is 36.9. The van der Waals surface area contributed by atoms with Gasteiger partial charge >= 0.3 is 0 Å². The lowest BCUT2D eigenvalue weighted by Gasteiger charge is -2.12. The molecular weight excluding hydrogens is 630 g/mol. The van der Waals surface area contributed by atoms with Crippen LogP contribution in [0.3, 0.4) is 0 Å². The highest BCUT2D eigenvalue weighted by Gasteiger charge is 2.16. The Labute approximate surface area is 330 Å². The van der Waals surface area contributed by atoms with Gasteiger partial charge in [0.15, 0.2) is 0 Å². The summed E-state index contributed by atoms with van der Waals surface area (Å²) in [6.07, 6.45) is 53.5. The number of rotatable bonds is 42. The van der Waals surface area contributed by atoms with Gasteiger partial charge in [-0.3, -0.25) is 0 Å². The minimum absolute atomic E-state index is 0.410. The first-order valence-corrected chi connectivity index (χ1v) is 29.6. The number of hydrogen-bond donors (Lipinski definition) is 0. The zero-order valence-corrected chi connectivity index (χ0v) is 39.2. The van der Waals surface area contributed by atoms with Crippen LogP contribution in [-0.4, -0.2) is 28.3 Å². The Morgan fingerprint density at radius 1 is 0.160 bits per heavy atom. The molecule has 0 nitrogen and oxygen atoms in total. The lowest BCUT2D eigenvalue weighted by atomic mass is 10.1. The van der Waals surface area contributed by atoms with Crippen LogP contribution in [0.4, 0.5) is 0 Å². The summed E-state index contributed by atoms with van der Waals surface area (Å²) in [5.74, 6) is 0. The maximum absolute atomic E-state index is 2.32. The average molecular weight is 733 g/mol. The number of hydrogen-bond acceptors (Lipinski definition) is 0. The van der Waals surface area contributed by atoms with E-state index in [0.29, 0.717) is 0 Å². The van der Waals surface area contributed by atoms with Gasteiger partial charge in [0.2, 0.25) is 0 Å². The molecule has 0 spiro atoms. The normalized spacial score (nSPS) is 11.2. The van der Waals surface area contributed by atoms with Crippen LogP contribution in [0.15, 0.2) is 0 Å². The molecule has 0 aliphatic heterocycles. The minimum Gasteiger partial charge on any atom is -0.0939 e. The smallest absolute Gasteiger partial charge is 0.0939 e. The third kappa shape index (κ3) is 47.1. The predicted molar refractivity (Wildman–Crippen MR) is 241 cm³/mol. The summed E-state index contributed by atoms with van der Waals surface area (Å²) in [4.78, 5) is 0. The van der Waals surface area contributed by atoms with E-state index < -0.39 is 28.3 Å². The van der Waals surface area contributed by atoms with E-state index in [1.165, 1.54) is 193 Å². The van der Waals surface area contributed by atoms with Gasteiger partial charge in [0, 0.05) is 0 Å². The van der Waals surface area contributed by atoms with Crippen LogP contribution in [0, 0.1) is 0 Å². The Hall–Kier alpha value is 1.06. The largest absolute Gasteiger partial charge is 0.261 e. The van der Waals surface area contributed by atoms with Gasteiger partial charge in [0.05, 0.1) is 0 Å². The summed E-state index contributed by atoms with van der Waals surface area (Å²) < 4.78 is 0. The van der Waals surface area contributed by atoms with Crippen molar-refractivity contribution in [3.8, 4) is 0 Å². The molecule has 50 heavy (non-hydrogen) atoms. The Kier molecular flexibility index (Phi) is 53.2. The Balaban J connectivity index is 0. The van der Waals surface area contributed by atoms with E-state index in [1.807, 2.05) is 0 Å². The average Bonchev–Trinajstić information content (AvgIpc) is 3.13. The summed E-state index contributed by atoms with van der Waals surface area (Å²) in [5, 5.41) is 9.98. The summed E-state index contributed by atoms with van der Waals surface area (Å²) in [7, 11) is 0. The lowest BCUT2D eigenvalue weighted by Crippen LogP contribution is -2.12. The van der Waals surface area contributed by atoms with E-state index >= 15 is 0 Å². The Morgan fingerprint density at radius 3 is 0.420 bits per heavy atom. The first-order valence-electron chi connectivity index (χ1n) is 24.7. The molecule has 0 fully saturated rings. The predicted octanol–water partition coefficient (Wildman–Crippen LogP) is 19.1. The van der Waals surface area contributed by atoms with Crippen molar-refractivity contribution in [1.29, 1.82) is 0 Å². The van der Waals surface area contributed by atoms with Gasteiger partial charge < -0.3 is 0 Å². The van der Waals surface area contributed by atoms with Gasteiger partial charge in [-0.1, -0.05) is 304 Å². The van der Waals surface area contributed by atoms with Crippen molar-refractivity contribution in [3.63, 3.8) is 0 Å². The molecule has 0 N–H and O–H groups in total. The second kappa shape index (κ2) is 50.1. The van der Waals surface area contributed by atoms with E-state index in [9.17, 15) is 0 Å². The second-order valence-electron chi connectivity index (χ2n) is 17.1. The molecule has 300 valence electrons. The van der Waals surface area contributed by atoms with E-state index in [1.54, 1.807) is 70.2 Å². The summed E-state index contributed by atoms with van der Waals surface area (Å²) in [6.45, 7) is 13.9. The first kappa shape index (κ1) is 53.2. The van der Waals surface area contributed by atoms with Crippen LogP contribution in [0.25, 0.3) is 0 Å². The van der Waals surface area contributed by atoms with Gasteiger partial charge in [-0.05, 0) is 0 Å². The summed E-state index contributed by atoms with van der Waals surface area (Å²) in [5.41, 5.74) is 0. The molecule has 0 saturated carbocycles. The minimum atomic E-state index is -0.410. The van der Waals surface area contributed by atoms with E-state index in [-0.39, 0.29) is 0 Å². The van der Waals surface area contributed by atoms with Crippen molar-refractivity contribution >= 4 is 28.3 Å². The number of unbranched alkanes of at least 4 members (excludes halogenated alkanes) is 30. The maximum atomic E-state index is 2.32. The van der Waals surface area contributed by atoms with E-state index in [0.717, 1.165) is 0 Å². The first-order chi connectivity index (χ1) is 24.7. The molecule has 0 saturated heterocycles. The Morgan fingerprint density at radius 2 is 0.280 bits per heavy atom. The van der Waals surface area contributed by atoms with E-state index in [4.69, 9.17) is 0 Å². The van der Waals surface area contributed by atoms with E-state index in [2.05, 4.69) is 41.5 Å². The molecule has 0 amide bonds. The molecule has 0 bridgehead atoms. The highest BCUT2D eigenvalue weighted by atomic mass is 27.2. The maximum Gasteiger partial charge on any atom is 0.261 e. The fourth-order valence-corrected chi connectivity index (χ4v) is 15.1. The molecule has 0 atom stereocenters. The van der Waals surface area contributed by atoms with Crippen molar-refractivity contribution in [1.82, 2.24) is 0 Å². The van der Waals surface area contributed by atoms with Crippen molar-refractivity contribution in [3.05, 3.63) is 0 Å². The molecule has 0 aliphatic rings. The summed E-state index contributed by atoms with van der Waals surface area (Å²) in [6, 6.07) is 0. The van der Waals surface area contributed by atoms with Gasteiger partial charge in [-0.15, -0.1) is 0 Å². The fourth-order valence-electron chi connectivity index (χ4n) is 8.15. The van der Waals surface area contributed by atoms with Crippen LogP contribution in [0.5, 0.6) is 0 Å². The van der Waals surface area contributed by atoms with Gasteiger partial charge in [-0.25, -0.2) is 0 Å². The molecular formula is C48H102Al2. The molecule has 0 aromatic heterocycles. The SMILES string of the molecule is CCCCCCC[CH2][Al]([CH2]CCCCCCC)[CH2]CCCCCCC.CCCCCCC[CH2][Al]([CH2]CCCCCCC)[CH2]CCCCCCC. The van der Waals surface area contributed by atoms with Crippen molar-refractivity contribution in [2.75, 3.05) is 0 Å². The molecule has 2 heteroatoms. The Bertz CT molecular complexity index is 424. The van der Waals surface area contributed by atoms with Crippen LogP contribution in [-0.2, 0) is 0 Å². The molecule has 0 radical (unpaired) electrons. The van der Waals surface area contributed by atoms with Gasteiger partial charge in [0.1, 0.15) is 0 Å². The second-order valence-corrected chi connectivity index (χ2v) is 24.0. The molecule has 0 unspecified atom stereocenters. The molecule has 0 rings (SSSR count). The van der Waals surface area contributed by atoms with Crippen LogP contribution in [0.2, 0.25) is 31.7 Å². The van der Waals surface area contributed by atoms with Crippen LogP contribution in [0.1, 0.15) is 273 Å². The standard InChI is InChI=1S/6C8H17.2Al/c6*1-3-5-7-8-6-4-2;;/h6*1,3-8H2,2H3;;. The van der Waals surface area contributed by atoms with Crippen molar-refractivity contribution < 1.29 is 0 Å². The van der Waals surface area contributed by atoms with Gasteiger partial charge in [-0.2, -0.15) is 0 Å². The van der Waals surface area contributed by atoms with Crippen LogP contribution >= 0.6 is 0 Å². The third-order valence-electron chi connectivity index (χ3n) is 11.8. The monoisotopic (exact) mass is 733 g/mol. The third-order valence-corrected chi connectivity index (χ3v) is 19.1. The van der Waals surface area contributed by atoms with Gasteiger partial charge in [0.25, 0.3) is 28.3 Å². The van der Waals surface area contributed by atoms with Crippen LogP contribution < -0.4 is 0 Å². The fraction of sp³-hybridized carbons (Fsp3) is 1.00. The zero-order valence-electron chi connectivity index (χ0n) is 36.9. The summed E-state index contributed by atoms with van der Waals surface area (Å²) >= 11 is -0.820. The molecule has 0 aromatic carbocycles. The van der Waals surface area contributed by atoms with Crippen molar-refractivity contribution in [2.45, 2.75) is 304 Å².